The van der Waals surface area contributed by atoms with E-state index in [1.54, 1.807) is 6.92 Å². The van der Waals surface area contributed by atoms with Gasteiger partial charge in [-0.05, 0) is 29.2 Å². The maximum atomic E-state index is 12.4. The Morgan fingerprint density at radius 3 is 1.43 bits per heavy atom. The van der Waals surface area contributed by atoms with Gasteiger partial charge in [-0.15, -0.1) is 0 Å². The first-order valence-electron chi connectivity index (χ1n) is 15.0. The van der Waals surface area contributed by atoms with Crippen molar-refractivity contribution < 1.29 is 33.6 Å². The molecule has 1 heterocycles. The van der Waals surface area contributed by atoms with Gasteiger partial charge in [-0.2, -0.15) is 0 Å². The van der Waals surface area contributed by atoms with E-state index in [9.17, 15) is 9.90 Å². The van der Waals surface area contributed by atoms with Gasteiger partial charge in [-0.25, -0.2) is 0 Å². The average Bonchev–Trinajstić information content (AvgIpc) is 3.07. The summed E-state index contributed by atoms with van der Waals surface area (Å²) in [6, 6.07) is 39.5. The van der Waals surface area contributed by atoms with Crippen LogP contribution < -0.4 is 0 Å². The summed E-state index contributed by atoms with van der Waals surface area (Å²) in [5.41, 5.74) is 3.98. The summed E-state index contributed by atoms with van der Waals surface area (Å²) in [6.07, 6.45) is -3.39. The molecule has 0 saturated carbocycles. The van der Waals surface area contributed by atoms with Crippen LogP contribution >= 0.6 is 0 Å². The van der Waals surface area contributed by atoms with Crippen molar-refractivity contribution in [2.45, 2.75) is 63.9 Å². The molecule has 0 spiro atoms. The molecule has 0 aliphatic carbocycles. The van der Waals surface area contributed by atoms with E-state index >= 15 is 0 Å². The molecular weight excluding hydrogens is 556 g/mol. The van der Waals surface area contributed by atoms with E-state index in [0.717, 1.165) is 22.3 Å². The summed E-state index contributed by atoms with van der Waals surface area (Å²) in [6.45, 7) is 3.10. The largest absolute Gasteiger partial charge is 0.481 e. The fourth-order valence-corrected chi connectivity index (χ4v) is 5.37. The van der Waals surface area contributed by atoms with Gasteiger partial charge in [0.15, 0.2) is 0 Å². The topological polar surface area (TPSA) is 83.5 Å². The van der Waals surface area contributed by atoms with Crippen LogP contribution in [0.5, 0.6) is 0 Å². The third-order valence-corrected chi connectivity index (χ3v) is 7.80. The maximum absolute atomic E-state index is 12.4. The average molecular weight is 597 g/mol. The zero-order chi connectivity index (χ0) is 30.6. The van der Waals surface area contributed by atoms with Crippen LogP contribution in [-0.4, -0.2) is 48.2 Å². The minimum Gasteiger partial charge on any atom is -0.481 e. The predicted molar refractivity (Wildman–Crippen MR) is 167 cm³/mol. The molecule has 1 N–H and O–H groups in total. The first-order chi connectivity index (χ1) is 21.6. The molecular formula is C37H40O7. The Kier molecular flexibility index (Phi) is 11.7. The van der Waals surface area contributed by atoms with Gasteiger partial charge in [0, 0.05) is 0 Å². The molecule has 230 valence electrons. The Labute approximate surface area is 259 Å². The van der Waals surface area contributed by atoms with Crippen molar-refractivity contribution in [2.24, 2.45) is 5.92 Å². The smallest absolute Gasteiger partial charge is 0.308 e. The predicted octanol–water partition coefficient (Wildman–Crippen LogP) is 6.45. The van der Waals surface area contributed by atoms with Crippen molar-refractivity contribution in [2.75, 3.05) is 6.61 Å². The molecule has 4 aromatic carbocycles. The van der Waals surface area contributed by atoms with Crippen molar-refractivity contribution in [1.82, 2.24) is 0 Å². The van der Waals surface area contributed by atoms with E-state index in [2.05, 4.69) is 0 Å². The molecule has 1 saturated heterocycles. The highest BCUT2D eigenvalue weighted by atomic mass is 16.6. The fraction of sp³-hybridized carbons (Fsp3) is 0.324. The van der Waals surface area contributed by atoms with Gasteiger partial charge in [0.2, 0.25) is 0 Å². The number of hydrogen-bond donors (Lipinski definition) is 1. The monoisotopic (exact) mass is 596 g/mol. The normalized spacial score (nSPS) is 22.3. The van der Waals surface area contributed by atoms with E-state index in [1.807, 2.05) is 121 Å². The lowest BCUT2D eigenvalue weighted by atomic mass is 9.88. The first kappa shape index (κ1) is 31.6. The quantitative estimate of drug-likeness (QED) is 0.169. The van der Waals surface area contributed by atoms with Crippen LogP contribution in [0.1, 0.15) is 29.2 Å². The minimum atomic E-state index is -0.974. The molecule has 0 amide bonds. The number of benzene rings is 4. The van der Waals surface area contributed by atoms with Crippen molar-refractivity contribution in [3.63, 3.8) is 0 Å². The maximum Gasteiger partial charge on any atom is 0.308 e. The fourth-order valence-electron chi connectivity index (χ4n) is 5.37. The molecule has 1 aliphatic heterocycles. The summed E-state index contributed by atoms with van der Waals surface area (Å²) in [5.74, 6) is -1.84. The summed E-state index contributed by atoms with van der Waals surface area (Å²) in [7, 11) is 0. The number of carboxylic acids is 1. The van der Waals surface area contributed by atoms with Crippen molar-refractivity contribution in [1.29, 1.82) is 0 Å². The molecule has 7 nitrogen and oxygen atoms in total. The lowest BCUT2D eigenvalue weighted by Gasteiger charge is -2.47. The number of carbonyl (C=O) groups is 1. The molecule has 0 bridgehead atoms. The number of carboxylic acid groups (broad SMARTS) is 1. The molecule has 44 heavy (non-hydrogen) atoms. The molecule has 0 unspecified atom stereocenters. The Morgan fingerprint density at radius 2 is 1.00 bits per heavy atom. The Morgan fingerprint density at radius 1 is 0.614 bits per heavy atom. The van der Waals surface area contributed by atoms with Crippen LogP contribution in [0, 0.1) is 5.92 Å². The van der Waals surface area contributed by atoms with Gasteiger partial charge < -0.3 is 28.8 Å². The third-order valence-electron chi connectivity index (χ3n) is 7.80. The Hall–Kier alpha value is -3.85. The SMILES string of the molecule is C[C@@H](C(=O)O)[C@H]1O[C@H](COCc2ccccc2)[C@@H](OCc2ccccc2)[C@H](OCc2ccccc2)[C@@H]1OCc1ccccc1. The van der Waals surface area contributed by atoms with E-state index in [0.29, 0.717) is 19.8 Å². The van der Waals surface area contributed by atoms with Crippen molar-refractivity contribution >= 4 is 5.97 Å². The van der Waals surface area contributed by atoms with Crippen LogP contribution in [0.25, 0.3) is 0 Å². The molecule has 6 atom stereocenters. The molecule has 0 radical (unpaired) electrons. The Balaban J connectivity index is 1.45. The number of ether oxygens (including phenoxy) is 5. The van der Waals surface area contributed by atoms with E-state index in [1.165, 1.54) is 0 Å². The highest BCUT2D eigenvalue weighted by Crippen LogP contribution is 2.34. The van der Waals surface area contributed by atoms with Crippen LogP contribution in [0.3, 0.4) is 0 Å². The van der Waals surface area contributed by atoms with E-state index < -0.39 is 42.4 Å². The lowest BCUT2D eigenvalue weighted by Crippen LogP contribution is -2.63. The minimum absolute atomic E-state index is 0.188. The highest BCUT2D eigenvalue weighted by Gasteiger charge is 2.51. The zero-order valence-electron chi connectivity index (χ0n) is 24.9. The van der Waals surface area contributed by atoms with Gasteiger partial charge in [0.1, 0.15) is 24.4 Å². The van der Waals surface area contributed by atoms with Crippen molar-refractivity contribution in [3.05, 3.63) is 144 Å². The van der Waals surface area contributed by atoms with Crippen LogP contribution in [0.2, 0.25) is 0 Å². The second-order valence-corrected chi connectivity index (χ2v) is 11.1. The second-order valence-electron chi connectivity index (χ2n) is 11.1. The van der Waals surface area contributed by atoms with Crippen LogP contribution in [0.4, 0.5) is 0 Å². The number of aliphatic carboxylic acids is 1. The zero-order valence-corrected chi connectivity index (χ0v) is 24.9. The standard InChI is InChI=1S/C37H40O7/c1-27(37(38)39)33-35(42-24-30-18-10-4-11-19-30)36(43-25-31-20-12-5-13-21-31)34(41-23-29-16-8-3-9-17-29)32(44-33)26-40-22-28-14-6-2-7-15-28/h2-21,27,32-36H,22-26H2,1H3,(H,38,39)/t27-,32-,33-,34-,35-,36+/m1/s1. The van der Waals surface area contributed by atoms with Gasteiger partial charge in [0.25, 0.3) is 0 Å². The van der Waals surface area contributed by atoms with Gasteiger partial charge in [0.05, 0.1) is 45.1 Å². The molecule has 1 fully saturated rings. The number of rotatable bonds is 15. The third kappa shape index (κ3) is 8.85. The van der Waals surface area contributed by atoms with Gasteiger partial charge >= 0.3 is 5.97 Å². The summed E-state index contributed by atoms with van der Waals surface area (Å²) in [5, 5.41) is 10.1. The Bertz CT molecular complexity index is 1380. The lowest BCUT2D eigenvalue weighted by molar-refractivity contribution is -0.280. The molecule has 1 aliphatic rings. The van der Waals surface area contributed by atoms with E-state index in [4.69, 9.17) is 23.7 Å². The second kappa shape index (κ2) is 16.3. The van der Waals surface area contributed by atoms with Crippen molar-refractivity contribution in [3.8, 4) is 0 Å². The van der Waals surface area contributed by atoms with Crippen LogP contribution in [0.15, 0.2) is 121 Å². The summed E-state index contributed by atoms with van der Waals surface area (Å²) >= 11 is 0. The van der Waals surface area contributed by atoms with Gasteiger partial charge in [-0.1, -0.05) is 121 Å². The van der Waals surface area contributed by atoms with Gasteiger partial charge in [-0.3, -0.25) is 4.79 Å². The summed E-state index contributed by atoms with van der Waals surface area (Å²) < 4.78 is 32.5. The molecule has 4 aromatic rings. The molecule has 5 rings (SSSR count). The summed E-state index contributed by atoms with van der Waals surface area (Å²) in [4.78, 5) is 12.4. The molecule has 0 aromatic heterocycles. The van der Waals surface area contributed by atoms with Crippen LogP contribution in [-0.2, 0) is 54.9 Å². The van der Waals surface area contributed by atoms with E-state index in [-0.39, 0.29) is 13.2 Å². The highest BCUT2D eigenvalue weighted by molar-refractivity contribution is 5.70. The number of hydrogen-bond acceptors (Lipinski definition) is 6. The molecule has 7 heteroatoms. The first-order valence-corrected chi connectivity index (χ1v) is 15.0.